The highest BCUT2D eigenvalue weighted by atomic mass is 16.6. The minimum atomic E-state index is -0.762. The van der Waals surface area contributed by atoms with Gasteiger partial charge in [0.05, 0.1) is 14.2 Å². The standard InChI is InChI=1S/C24H26O6/c1-28-19-13-12-17(15-21(19)29-2)9-6-10-18(25)22-23(26)20(30-24(22)27)14-11-16-7-4-3-5-8-16/h3-5,7-8,12-13,15,20,26H,6,9-11,14H2,1-2H3. The zero-order valence-electron chi connectivity index (χ0n) is 17.2. The van der Waals surface area contributed by atoms with Crippen molar-refractivity contribution in [3.63, 3.8) is 0 Å². The number of benzene rings is 2. The molecule has 1 aliphatic rings. The summed E-state index contributed by atoms with van der Waals surface area (Å²) >= 11 is 0. The number of Topliss-reactive ketones (excluding diaryl/α,β-unsaturated/α-hetero) is 1. The molecule has 2 aromatic carbocycles. The van der Waals surface area contributed by atoms with E-state index in [4.69, 9.17) is 14.2 Å². The lowest BCUT2D eigenvalue weighted by Gasteiger charge is -2.09. The number of esters is 1. The molecule has 0 fully saturated rings. The molecule has 1 atom stereocenters. The van der Waals surface area contributed by atoms with E-state index in [0.717, 1.165) is 11.1 Å². The molecule has 0 amide bonds. The number of hydrogen-bond acceptors (Lipinski definition) is 6. The molecular weight excluding hydrogens is 384 g/mol. The van der Waals surface area contributed by atoms with Crippen molar-refractivity contribution in [3.8, 4) is 11.5 Å². The van der Waals surface area contributed by atoms with Crippen LogP contribution in [0.4, 0.5) is 0 Å². The van der Waals surface area contributed by atoms with Crippen LogP contribution in [0.3, 0.4) is 0 Å². The summed E-state index contributed by atoms with van der Waals surface area (Å²) in [4.78, 5) is 24.7. The van der Waals surface area contributed by atoms with Crippen molar-refractivity contribution >= 4 is 11.8 Å². The van der Waals surface area contributed by atoms with Crippen LogP contribution in [0.1, 0.15) is 30.4 Å². The van der Waals surface area contributed by atoms with Crippen LogP contribution in [0.2, 0.25) is 0 Å². The minimum absolute atomic E-state index is 0.147. The van der Waals surface area contributed by atoms with Crippen LogP contribution in [0, 0.1) is 0 Å². The fourth-order valence-electron chi connectivity index (χ4n) is 3.52. The molecule has 1 aliphatic heterocycles. The highest BCUT2D eigenvalue weighted by Gasteiger charge is 2.37. The van der Waals surface area contributed by atoms with Crippen molar-refractivity contribution in [1.82, 2.24) is 0 Å². The first-order valence-electron chi connectivity index (χ1n) is 9.95. The summed E-state index contributed by atoms with van der Waals surface area (Å²) in [5, 5.41) is 10.4. The summed E-state index contributed by atoms with van der Waals surface area (Å²) in [6.45, 7) is 0. The van der Waals surface area contributed by atoms with Crippen molar-refractivity contribution in [2.45, 2.75) is 38.2 Å². The fraction of sp³-hybridized carbons (Fsp3) is 0.333. The van der Waals surface area contributed by atoms with E-state index in [2.05, 4.69) is 0 Å². The monoisotopic (exact) mass is 410 g/mol. The van der Waals surface area contributed by atoms with Gasteiger partial charge in [-0.15, -0.1) is 0 Å². The number of aryl methyl sites for hydroxylation is 2. The number of methoxy groups -OCH3 is 2. The van der Waals surface area contributed by atoms with E-state index in [1.165, 1.54) is 0 Å². The van der Waals surface area contributed by atoms with Gasteiger partial charge in [-0.1, -0.05) is 36.4 Å². The maximum Gasteiger partial charge on any atom is 0.346 e. The second-order valence-corrected chi connectivity index (χ2v) is 7.14. The van der Waals surface area contributed by atoms with Gasteiger partial charge in [0.25, 0.3) is 0 Å². The predicted molar refractivity (Wildman–Crippen MR) is 112 cm³/mol. The van der Waals surface area contributed by atoms with E-state index >= 15 is 0 Å². The quantitative estimate of drug-likeness (QED) is 0.472. The first-order chi connectivity index (χ1) is 14.5. The van der Waals surface area contributed by atoms with E-state index in [-0.39, 0.29) is 23.5 Å². The maximum atomic E-state index is 12.5. The predicted octanol–water partition coefficient (Wildman–Crippen LogP) is 3.97. The van der Waals surface area contributed by atoms with E-state index in [1.54, 1.807) is 14.2 Å². The zero-order chi connectivity index (χ0) is 21.5. The normalized spacial score (nSPS) is 15.8. The Labute approximate surface area is 176 Å². The van der Waals surface area contributed by atoms with E-state index in [0.29, 0.717) is 37.2 Å². The lowest BCUT2D eigenvalue weighted by molar-refractivity contribution is -0.141. The van der Waals surface area contributed by atoms with Gasteiger partial charge in [0.2, 0.25) is 0 Å². The van der Waals surface area contributed by atoms with Crippen molar-refractivity contribution in [2.24, 2.45) is 0 Å². The molecule has 0 spiro atoms. The molecule has 1 heterocycles. The van der Waals surface area contributed by atoms with Crippen LogP contribution in [-0.2, 0) is 27.2 Å². The van der Waals surface area contributed by atoms with Crippen LogP contribution in [0.15, 0.2) is 59.9 Å². The second-order valence-electron chi connectivity index (χ2n) is 7.14. The molecule has 0 saturated heterocycles. The van der Waals surface area contributed by atoms with Gasteiger partial charge in [-0.2, -0.15) is 0 Å². The lowest BCUT2D eigenvalue weighted by atomic mass is 10.00. The number of carbonyl (C=O) groups excluding carboxylic acids is 2. The summed E-state index contributed by atoms with van der Waals surface area (Å²) in [7, 11) is 3.14. The Bertz CT molecular complexity index is 932. The van der Waals surface area contributed by atoms with Crippen LogP contribution >= 0.6 is 0 Å². The molecule has 30 heavy (non-hydrogen) atoms. The van der Waals surface area contributed by atoms with Crippen molar-refractivity contribution in [1.29, 1.82) is 0 Å². The Balaban J connectivity index is 1.56. The highest BCUT2D eigenvalue weighted by molar-refractivity contribution is 6.19. The molecule has 0 radical (unpaired) electrons. The third-order valence-corrected chi connectivity index (χ3v) is 5.15. The van der Waals surface area contributed by atoms with Gasteiger partial charge < -0.3 is 19.3 Å². The fourth-order valence-corrected chi connectivity index (χ4v) is 3.52. The molecule has 6 nitrogen and oxygen atoms in total. The molecule has 0 bridgehead atoms. The van der Waals surface area contributed by atoms with Gasteiger partial charge in [-0.3, -0.25) is 4.79 Å². The summed E-state index contributed by atoms with van der Waals surface area (Å²) in [6, 6.07) is 15.3. The van der Waals surface area contributed by atoms with Crippen molar-refractivity contribution in [3.05, 3.63) is 71.0 Å². The highest BCUT2D eigenvalue weighted by Crippen LogP contribution is 2.29. The second kappa shape index (κ2) is 9.96. The molecule has 6 heteroatoms. The zero-order valence-corrected chi connectivity index (χ0v) is 17.2. The third-order valence-electron chi connectivity index (χ3n) is 5.15. The largest absolute Gasteiger partial charge is 0.507 e. The maximum absolute atomic E-state index is 12.5. The van der Waals surface area contributed by atoms with Crippen LogP contribution in [0.25, 0.3) is 0 Å². The number of ether oxygens (including phenoxy) is 3. The Kier molecular flexibility index (Phi) is 7.12. The third kappa shape index (κ3) is 5.00. The Morgan fingerprint density at radius 3 is 2.43 bits per heavy atom. The van der Waals surface area contributed by atoms with Gasteiger partial charge in [-0.05, 0) is 48.9 Å². The molecule has 0 aliphatic carbocycles. The van der Waals surface area contributed by atoms with Crippen molar-refractivity contribution < 1.29 is 28.9 Å². The number of aliphatic hydroxyl groups excluding tert-OH is 1. The number of carbonyl (C=O) groups is 2. The molecule has 0 saturated carbocycles. The minimum Gasteiger partial charge on any atom is -0.507 e. The number of cyclic esters (lactones) is 1. The van der Waals surface area contributed by atoms with E-state index in [1.807, 2.05) is 48.5 Å². The molecular formula is C24H26O6. The van der Waals surface area contributed by atoms with Crippen LogP contribution in [0.5, 0.6) is 11.5 Å². The Hall–Kier alpha value is -3.28. The van der Waals surface area contributed by atoms with Gasteiger partial charge in [-0.25, -0.2) is 4.79 Å². The molecule has 1 unspecified atom stereocenters. The first kappa shape index (κ1) is 21.4. The van der Waals surface area contributed by atoms with Crippen LogP contribution in [-0.4, -0.2) is 37.2 Å². The van der Waals surface area contributed by atoms with Crippen LogP contribution < -0.4 is 9.47 Å². The summed E-state index contributed by atoms with van der Waals surface area (Å²) in [6.07, 6.45) is 1.63. The SMILES string of the molecule is COc1ccc(CCCC(=O)C2=C(O)C(CCc3ccccc3)OC2=O)cc1OC. The summed E-state index contributed by atoms with van der Waals surface area (Å²) in [5.74, 6) is -0.0983. The number of ketones is 1. The molecule has 1 N–H and O–H groups in total. The van der Waals surface area contributed by atoms with Gasteiger partial charge in [0.15, 0.2) is 29.1 Å². The average Bonchev–Trinajstić information content (AvgIpc) is 3.05. The smallest absolute Gasteiger partial charge is 0.346 e. The van der Waals surface area contributed by atoms with Gasteiger partial charge >= 0.3 is 5.97 Å². The topological polar surface area (TPSA) is 82.1 Å². The lowest BCUT2D eigenvalue weighted by Crippen LogP contribution is -2.13. The Morgan fingerprint density at radius 1 is 1.00 bits per heavy atom. The summed E-state index contributed by atoms with van der Waals surface area (Å²) < 4.78 is 15.7. The number of rotatable bonds is 10. The van der Waals surface area contributed by atoms with Gasteiger partial charge in [0, 0.05) is 6.42 Å². The van der Waals surface area contributed by atoms with Gasteiger partial charge in [0.1, 0.15) is 5.57 Å². The molecule has 3 rings (SSSR count). The first-order valence-corrected chi connectivity index (χ1v) is 9.95. The Morgan fingerprint density at radius 2 is 1.73 bits per heavy atom. The number of aliphatic hydroxyl groups is 1. The molecule has 158 valence electrons. The van der Waals surface area contributed by atoms with E-state index < -0.39 is 12.1 Å². The van der Waals surface area contributed by atoms with Crippen molar-refractivity contribution in [2.75, 3.05) is 14.2 Å². The van der Waals surface area contributed by atoms with E-state index in [9.17, 15) is 14.7 Å². The molecule has 2 aromatic rings. The number of hydrogen-bond donors (Lipinski definition) is 1. The molecule has 0 aromatic heterocycles. The average molecular weight is 410 g/mol. The summed E-state index contributed by atoms with van der Waals surface area (Å²) in [5.41, 5.74) is 1.87.